The van der Waals surface area contributed by atoms with E-state index in [0.29, 0.717) is 0 Å². The second-order valence-electron chi connectivity index (χ2n) is 1.59. The van der Waals surface area contributed by atoms with E-state index in [1.54, 1.807) is 13.3 Å². The highest BCUT2D eigenvalue weighted by Crippen LogP contribution is 1.82. The average molecular weight is 127 g/mol. The van der Waals surface area contributed by atoms with E-state index < -0.39 is 0 Å². The first-order valence-corrected chi connectivity index (χ1v) is 3.11. The van der Waals surface area contributed by atoms with Gasteiger partial charge in [-0.15, -0.1) is 0 Å². The third-order valence-corrected chi connectivity index (χ3v) is 0.824. The smallest absolute Gasteiger partial charge is 0.106 e. The molecule has 0 unspecified atom stereocenters. The van der Waals surface area contributed by atoms with Crippen molar-refractivity contribution in [2.45, 2.75) is 19.8 Å². The van der Waals surface area contributed by atoms with Gasteiger partial charge in [0.25, 0.3) is 0 Å². The molecule has 0 spiro atoms. The van der Waals surface area contributed by atoms with E-state index in [0.717, 1.165) is 12.8 Å². The summed E-state index contributed by atoms with van der Waals surface area (Å²) in [6.07, 6.45) is 7.83. The van der Waals surface area contributed by atoms with Crippen molar-refractivity contribution >= 4 is 6.21 Å². The normalized spacial score (nSPS) is 11.3. The van der Waals surface area contributed by atoms with E-state index >= 15 is 0 Å². The van der Waals surface area contributed by atoms with E-state index in [4.69, 9.17) is 0 Å². The molecule has 2 heteroatoms. The standard InChI is InChI=1S/C7H13NO/c1-3-4-5-6-7-8-9-2/h4-5,7H,3,6H2,1-2H3/b5-4+,8-7-. The molecule has 0 fully saturated rings. The zero-order valence-corrected chi connectivity index (χ0v) is 6.00. The third kappa shape index (κ3) is 7.21. The van der Waals surface area contributed by atoms with Crippen molar-refractivity contribution in [2.24, 2.45) is 5.16 Å². The van der Waals surface area contributed by atoms with Crippen molar-refractivity contribution in [1.29, 1.82) is 0 Å². The van der Waals surface area contributed by atoms with Crippen LogP contribution in [0.2, 0.25) is 0 Å². The molecule has 0 N–H and O–H groups in total. The summed E-state index contributed by atoms with van der Waals surface area (Å²) in [6.45, 7) is 2.10. The predicted molar refractivity (Wildman–Crippen MR) is 39.5 cm³/mol. The Morgan fingerprint density at radius 2 is 2.22 bits per heavy atom. The molecule has 2 nitrogen and oxygen atoms in total. The molecule has 9 heavy (non-hydrogen) atoms. The first-order valence-electron chi connectivity index (χ1n) is 3.11. The van der Waals surface area contributed by atoms with E-state index in [1.807, 2.05) is 0 Å². The summed E-state index contributed by atoms with van der Waals surface area (Å²) >= 11 is 0. The van der Waals surface area contributed by atoms with Gasteiger partial charge in [-0.2, -0.15) is 0 Å². The fourth-order valence-corrected chi connectivity index (χ4v) is 0.441. The Bertz CT molecular complexity index is 85.1. The van der Waals surface area contributed by atoms with Crippen LogP contribution in [-0.2, 0) is 4.84 Å². The molecule has 0 rings (SSSR count). The van der Waals surface area contributed by atoms with Gasteiger partial charge in [0.05, 0.1) is 0 Å². The van der Waals surface area contributed by atoms with Crippen molar-refractivity contribution in [3.05, 3.63) is 12.2 Å². The highest BCUT2D eigenvalue weighted by atomic mass is 16.6. The minimum Gasteiger partial charge on any atom is -0.399 e. The van der Waals surface area contributed by atoms with Gasteiger partial charge in [-0.05, 0) is 6.42 Å². The summed E-state index contributed by atoms with van der Waals surface area (Å²) in [5.41, 5.74) is 0. The molecule has 0 saturated heterocycles. The Kier molecular flexibility index (Phi) is 6.58. The summed E-state index contributed by atoms with van der Waals surface area (Å²) in [5, 5.41) is 3.57. The molecule has 0 aromatic rings. The van der Waals surface area contributed by atoms with Gasteiger partial charge in [0, 0.05) is 12.6 Å². The molecule has 0 aromatic carbocycles. The van der Waals surface area contributed by atoms with Crippen molar-refractivity contribution in [3.8, 4) is 0 Å². The fraction of sp³-hybridized carbons (Fsp3) is 0.571. The van der Waals surface area contributed by atoms with Crippen molar-refractivity contribution in [3.63, 3.8) is 0 Å². The van der Waals surface area contributed by atoms with Crippen LogP contribution in [-0.4, -0.2) is 13.3 Å². The van der Waals surface area contributed by atoms with Crippen LogP contribution in [0.5, 0.6) is 0 Å². The Labute approximate surface area is 56.2 Å². The Morgan fingerprint density at radius 3 is 2.78 bits per heavy atom. The predicted octanol–water partition coefficient (Wildman–Crippen LogP) is 1.97. The number of allylic oxidation sites excluding steroid dienone is 2. The van der Waals surface area contributed by atoms with Gasteiger partial charge in [0.2, 0.25) is 0 Å². The van der Waals surface area contributed by atoms with Gasteiger partial charge < -0.3 is 4.84 Å². The second-order valence-corrected chi connectivity index (χ2v) is 1.59. The van der Waals surface area contributed by atoms with Crippen LogP contribution >= 0.6 is 0 Å². The summed E-state index contributed by atoms with van der Waals surface area (Å²) < 4.78 is 0. The van der Waals surface area contributed by atoms with Crippen LogP contribution < -0.4 is 0 Å². The zero-order chi connectivity index (χ0) is 6.95. The van der Waals surface area contributed by atoms with E-state index in [1.165, 1.54) is 0 Å². The van der Waals surface area contributed by atoms with Crippen molar-refractivity contribution in [1.82, 2.24) is 0 Å². The molecule has 0 aliphatic heterocycles. The molecular formula is C7H13NO. The van der Waals surface area contributed by atoms with Gasteiger partial charge in [0.1, 0.15) is 7.11 Å². The maximum Gasteiger partial charge on any atom is 0.106 e. The first-order chi connectivity index (χ1) is 4.41. The van der Waals surface area contributed by atoms with Gasteiger partial charge >= 0.3 is 0 Å². The van der Waals surface area contributed by atoms with Crippen molar-refractivity contribution in [2.75, 3.05) is 7.11 Å². The number of nitrogens with zero attached hydrogens (tertiary/aromatic N) is 1. The highest BCUT2D eigenvalue weighted by Gasteiger charge is 1.69. The van der Waals surface area contributed by atoms with E-state index in [2.05, 4.69) is 29.1 Å². The molecule has 0 aliphatic carbocycles. The SMILES string of the molecule is CC/C=C/C/C=N\OC. The maximum absolute atomic E-state index is 4.46. The van der Waals surface area contributed by atoms with E-state index in [-0.39, 0.29) is 0 Å². The molecule has 0 radical (unpaired) electrons. The molecule has 0 bridgehead atoms. The van der Waals surface area contributed by atoms with Crippen LogP contribution in [0.25, 0.3) is 0 Å². The van der Waals surface area contributed by atoms with Crippen molar-refractivity contribution < 1.29 is 4.84 Å². The Balaban J connectivity index is 3.08. The lowest BCUT2D eigenvalue weighted by molar-refractivity contribution is 0.215. The molecule has 0 heterocycles. The Morgan fingerprint density at radius 1 is 1.44 bits per heavy atom. The fourth-order valence-electron chi connectivity index (χ4n) is 0.441. The largest absolute Gasteiger partial charge is 0.399 e. The summed E-state index contributed by atoms with van der Waals surface area (Å²) in [4.78, 5) is 4.46. The number of rotatable bonds is 4. The highest BCUT2D eigenvalue weighted by molar-refractivity contribution is 5.58. The first kappa shape index (κ1) is 8.21. The van der Waals surface area contributed by atoms with Crippen LogP contribution in [0, 0.1) is 0 Å². The monoisotopic (exact) mass is 127 g/mol. The number of hydrogen-bond donors (Lipinski definition) is 0. The summed E-state index contributed by atoms with van der Waals surface area (Å²) in [7, 11) is 1.54. The zero-order valence-electron chi connectivity index (χ0n) is 6.00. The lowest BCUT2D eigenvalue weighted by atomic mass is 10.3. The molecule has 0 saturated carbocycles. The molecule has 0 amide bonds. The van der Waals surface area contributed by atoms with Gasteiger partial charge in [-0.25, -0.2) is 0 Å². The third-order valence-electron chi connectivity index (χ3n) is 0.824. The average Bonchev–Trinajstić information content (AvgIpc) is 1.89. The molecule has 0 atom stereocenters. The van der Waals surface area contributed by atoms with Crippen LogP contribution in [0.1, 0.15) is 19.8 Å². The topological polar surface area (TPSA) is 21.6 Å². The number of oxime groups is 1. The molecule has 52 valence electrons. The molecule has 0 aromatic heterocycles. The van der Waals surface area contributed by atoms with Crippen LogP contribution in [0.4, 0.5) is 0 Å². The minimum absolute atomic E-state index is 0.863. The quantitative estimate of drug-likeness (QED) is 0.321. The molecule has 0 aliphatic rings. The van der Waals surface area contributed by atoms with Gasteiger partial charge in [-0.1, -0.05) is 24.2 Å². The lowest BCUT2D eigenvalue weighted by Gasteiger charge is -1.82. The number of hydrogen-bond acceptors (Lipinski definition) is 2. The summed E-state index contributed by atoms with van der Waals surface area (Å²) in [5.74, 6) is 0. The van der Waals surface area contributed by atoms with Crippen LogP contribution in [0.15, 0.2) is 17.3 Å². The summed E-state index contributed by atoms with van der Waals surface area (Å²) in [6, 6.07) is 0. The van der Waals surface area contributed by atoms with E-state index in [9.17, 15) is 0 Å². The second kappa shape index (κ2) is 7.21. The van der Waals surface area contributed by atoms with Crippen LogP contribution in [0.3, 0.4) is 0 Å². The van der Waals surface area contributed by atoms with Gasteiger partial charge in [-0.3, -0.25) is 0 Å². The Hall–Kier alpha value is -0.790. The van der Waals surface area contributed by atoms with Gasteiger partial charge in [0.15, 0.2) is 0 Å². The maximum atomic E-state index is 4.46. The minimum atomic E-state index is 0.863. The lowest BCUT2D eigenvalue weighted by Crippen LogP contribution is -1.71. The molecular weight excluding hydrogens is 114 g/mol.